The van der Waals surface area contributed by atoms with Crippen molar-refractivity contribution in [1.29, 1.82) is 0 Å². The molecule has 1 nitrogen and oxygen atoms in total. The summed E-state index contributed by atoms with van der Waals surface area (Å²) in [5.74, 6) is 1.85. The molecule has 0 spiro atoms. The van der Waals surface area contributed by atoms with Gasteiger partial charge >= 0.3 is 0 Å². The van der Waals surface area contributed by atoms with Crippen LogP contribution in [0.25, 0.3) is 32.7 Å². The highest BCUT2D eigenvalue weighted by atomic mass is 35.5. The van der Waals surface area contributed by atoms with Gasteiger partial charge in [-0.05, 0) is 39.6 Å². The fraction of sp³-hybridized carbons (Fsp3) is 0.0303. The molecule has 0 saturated heterocycles. The molecule has 0 bridgehead atoms. The number of rotatable bonds is 1. The van der Waals surface area contributed by atoms with E-state index in [9.17, 15) is 0 Å². The summed E-state index contributed by atoms with van der Waals surface area (Å²) in [6.07, 6.45) is 0. The number of benzene rings is 6. The summed E-state index contributed by atoms with van der Waals surface area (Å²) >= 11 is 6.97. The van der Waals surface area contributed by atoms with E-state index in [4.69, 9.17) is 16.3 Å². The third-order valence-electron chi connectivity index (χ3n) is 7.76. The second kappa shape index (κ2) is 6.75. The largest absolute Gasteiger partial charge is 0.455 e. The molecule has 1 atom stereocenters. The molecular weight excluding hydrogens is 448 g/mol. The SMILES string of the molecule is Clc1cccc2c1-c1cc3ccccc3c3c1C2(c1ccccc1)c1ccc2ccccc2c1O3. The van der Waals surface area contributed by atoms with Crippen LogP contribution in [-0.2, 0) is 5.41 Å². The Bertz CT molecular complexity index is 1840. The van der Waals surface area contributed by atoms with E-state index in [0.29, 0.717) is 0 Å². The van der Waals surface area contributed by atoms with E-state index in [2.05, 4.69) is 109 Å². The Balaban J connectivity index is 1.67. The average Bonchev–Trinajstić information content (AvgIpc) is 3.22. The molecule has 1 unspecified atom stereocenters. The number of hydrogen-bond acceptors (Lipinski definition) is 1. The Morgan fingerprint density at radius 3 is 2.11 bits per heavy atom. The molecule has 2 heteroatoms. The standard InChI is InChI=1S/C33H19ClO/c34-28-16-8-15-26-29(28)25-19-21-10-5-7-14-24(21)32-30(25)33(26,22-11-2-1-3-12-22)27-18-17-20-9-4-6-13-23(20)31(27)35-32/h1-19H. The number of hydrogen-bond donors (Lipinski definition) is 0. The minimum Gasteiger partial charge on any atom is -0.455 e. The molecule has 164 valence electrons. The van der Waals surface area contributed by atoms with Gasteiger partial charge in [0.05, 0.1) is 5.41 Å². The average molecular weight is 467 g/mol. The van der Waals surface area contributed by atoms with E-state index < -0.39 is 5.41 Å². The zero-order chi connectivity index (χ0) is 23.1. The molecule has 1 aliphatic carbocycles. The summed E-state index contributed by atoms with van der Waals surface area (Å²) in [5, 5.41) is 5.33. The van der Waals surface area contributed by atoms with E-state index in [0.717, 1.165) is 49.4 Å². The van der Waals surface area contributed by atoms with Crippen LogP contribution in [0.4, 0.5) is 0 Å². The van der Waals surface area contributed by atoms with Gasteiger partial charge in [0, 0.05) is 32.5 Å². The van der Waals surface area contributed by atoms with Crippen molar-refractivity contribution in [2.75, 3.05) is 0 Å². The molecule has 6 aromatic carbocycles. The number of ether oxygens (including phenoxy) is 1. The fourth-order valence-electron chi connectivity index (χ4n) is 6.41. The first-order valence-electron chi connectivity index (χ1n) is 11.9. The summed E-state index contributed by atoms with van der Waals surface area (Å²) in [7, 11) is 0. The maximum Gasteiger partial charge on any atom is 0.140 e. The van der Waals surface area contributed by atoms with E-state index in [1.807, 2.05) is 6.07 Å². The van der Waals surface area contributed by atoms with Crippen molar-refractivity contribution in [2.24, 2.45) is 0 Å². The van der Waals surface area contributed by atoms with Crippen LogP contribution in [0, 0.1) is 0 Å². The highest BCUT2D eigenvalue weighted by Gasteiger charge is 2.53. The topological polar surface area (TPSA) is 9.23 Å². The molecule has 2 aliphatic rings. The maximum absolute atomic E-state index is 6.97. The highest BCUT2D eigenvalue weighted by molar-refractivity contribution is 6.34. The third-order valence-corrected chi connectivity index (χ3v) is 8.07. The summed E-state index contributed by atoms with van der Waals surface area (Å²) in [6.45, 7) is 0. The van der Waals surface area contributed by atoms with Gasteiger partial charge < -0.3 is 4.74 Å². The quantitative estimate of drug-likeness (QED) is 0.234. The van der Waals surface area contributed by atoms with E-state index >= 15 is 0 Å². The number of fused-ring (bicyclic) bond motifs is 9. The lowest BCUT2D eigenvalue weighted by Gasteiger charge is -2.40. The molecule has 8 rings (SSSR count). The summed E-state index contributed by atoms with van der Waals surface area (Å²) < 4.78 is 6.97. The van der Waals surface area contributed by atoms with Crippen LogP contribution in [-0.4, -0.2) is 0 Å². The van der Waals surface area contributed by atoms with Crippen LogP contribution in [0.15, 0.2) is 115 Å². The van der Waals surface area contributed by atoms with Gasteiger partial charge in [-0.25, -0.2) is 0 Å². The van der Waals surface area contributed by atoms with Crippen LogP contribution in [0.3, 0.4) is 0 Å². The van der Waals surface area contributed by atoms with E-state index in [-0.39, 0.29) is 0 Å². The molecule has 0 N–H and O–H groups in total. The first-order chi connectivity index (χ1) is 17.3. The van der Waals surface area contributed by atoms with Crippen molar-refractivity contribution >= 4 is 33.1 Å². The first-order valence-corrected chi connectivity index (χ1v) is 12.3. The van der Waals surface area contributed by atoms with Crippen molar-refractivity contribution in [3.8, 4) is 22.6 Å². The lowest BCUT2D eigenvalue weighted by Crippen LogP contribution is -2.32. The van der Waals surface area contributed by atoms with Crippen LogP contribution in [0.5, 0.6) is 11.5 Å². The Morgan fingerprint density at radius 2 is 1.29 bits per heavy atom. The maximum atomic E-state index is 6.97. The summed E-state index contributed by atoms with van der Waals surface area (Å²) in [4.78, 5) is 0. The van der Waals surface area contributed by atoms with Crippen LogP contribution < -0.4 is 4.74 Å². The van der Waals surface area contributed by atoms with Crippen LogP contribution >= 0.6 is 11.6 Å². The molecule has 0 saturated carbocycles. The fourth-order valence-corrected chi connectivity index (χ4v) is 6.68. The van der Waals surface area contributed by atoms with Gasteiger partial charge in [0.25, 0.3) is 0 Å². The van der Waals surface area contributed by atoms with Gasteiger partial charge in [0.2, 0.25) is 0 Å². The minimum atomic E-state index is -0.520. The minimum absolute atomic E-state index is 0.520. The normalized spacial score (nSPS) is 17.1. The van der Waals surface area contributed by atoms with Gasteiger partial charge in [-0.1, -0.05) is 115 Å². The molecule has 1 heterocycles. The predicted octanol–water partition coefficient (Wildman–Crippen LogP) is 9.12. The predicted molar refractivity (Wildman–Crippen MR) is 144 cm³/mol. The van der Waals surface area contributed by atoms with Gasteiger partial charge in [-0.15, -0.1) is 0 Å². The Morgan fingerprint density at radius 1 is 0.571 bits per heavy atom. The molecule has 0 aromatic heterocycles. The van der Waals surface area contributed by atoms with Gasteiger partial charge in [-0.3, -0.25) is 0 Å². The van der Waals surface area contributed by atoms with Crippen molar-refractivity contribution in [2.45, 2.75) is 5.41 Å². The monoisotopic (exact) mass is 466 g/mol. The van der Waals surface area contributed by atoms with Crippen molar-refractivity contribution in [1.82, 2.24) is 0 Å². The molecular formula is C33H19ClO. The van der Waals surface area contributed by atoms with E-state index in [1.165, 1.54) is 22.1 Å². The Hall–Kier alpha value is -4.07. The molecule has 6 aromatic rings. The molecule has 0 fully saturated rings. The van der Waals surface area contributed by atoms with Gasteiger partial charge in [0.15, 0.2) is 0 Å². The Labute approximate surface area is 208 Å². The van der Waals surface area contributed by atoms with Gasteiger partial charge in [-0.2, -0.15) is 0 Å². The van der Waals surface area contributed by atoms with E-state index in [1.54, 1.807) is 0 Å². The Kier molecular flexibility index (Phi) is 3.71. The second-order valence-corrected chi connectivity index (χ2v) is 9.80. The lowest BCUT2D eigenvalue weighted by atomic mass is 9.65. The van der Waals surface area contributed by atoms with Crippen molar-refractivity contribution in [3.05, 3.63) is 143 Å². The molecule has 0 amide bonds. The zero-order valence-corrected chi connectivity index (χ0v) is 19.5. The molecule has 0 radical (unpaired) electrons. The van der Waals surface area contributed by atoms with Crippen LogP contribution in [0.2, 0.25) is 5.02 Å². The number of halogens is 1. The highest BCUT2D eigenvalue weighted by Crippen LogP contribution is 2.66. The summed E-state index contributed by atoms with van der Waals surface area (Å²) in [6, 6.07) is 40.9. The summed E-state index contributed by atoms with van der Waals surface area (Å²) in [5.41, 5.74) is 6.52. The zero-order valence-electron chi connectivity index (χ0n) is 18.8. The lowest BCUT2D eigenvalue weighted by molar-refractivity contribution is 0.449. The van der Waals surface area contributed by atoms with Crippen LogP contribution in [0.1, 0.15) is 22.3 Å². The van der Waals surface area contributed by atoms with Gasteiger partial charge in [0.1, 0.15) is 11.5 Å². The third kappa shape index (κ3) is 2.29. The second-order valence-electron chi connectivity index (χ2n) is 9.39. The van der Waals surface area contributed by atoms with Crippen molar-refractivity contribution in [3.63, 3.8) is 0 Å². The molecule has 1 aliphatic heterocycles. The van der Waals surface area contributed by atoms with Crippen molar-refractivity contribution < 1.29 is 4.74 Å². The molecule has 35 heavy (non-hydrogen) atoms. The first kappa shape index (κ1) is 19.3. The smallest absolute Gasteiger partial charge is 0.140 e.